The number of halogens is 3. The van der Waals surface area contributed by atoms with E-state index in [1.54, 1.807) is 42.6 Å². The fourth-order valence-corrected chi connectivity index (χ4v) is 5.12. The van der Waals surface area contributed by atoms with Gasteiger partial charge in [0.15, 0.2) is 0 Å². The van der Waals surface area contributed by atoms with Crippen LogP contribution in [0.15, 0.2) is 48.7 Å². The van der Waals surface area contributed by atoms with Gasteiger partial charge in [-0.1, -0.05) is 24.3 Å². The molecule has 1 unspecified atom stereocenters. The van der Waals surface area contributed by atoms with Crippen LogP contribution in [0.5, 0.6) is 11.6 Å². The lowest BCUT2D eigenvalue weighted by molar-refractivity contribution is -0.150. The number of aromatic nitrogens is 3. The number of carbonyl (C=O) groups is 1. The van der Waals surface area contributed by atoms with Gasteiger partial charge in [-0.25, -0.2) is 15.0 Å². The molecular weight excluding hydrogens is 517 g/mol. The highest BCUT2D eigenvalue weighted by Crippen LogP contribution is 2.40. The van der Waals surface area contributed by atoms with Crippen LogP contribution in [-0.4, -0.2) is 46.2 Å². The third kappa shape index (κ3) is 6.20. The topological polar surface area (TPSA) is 101 Å². The lowest BCUT2D eigenvalue weighted by Gasteiger charge is -2.23. The first kappa shape index (κ1) is 25.9. The summed E-state index contributed by atoms with van der Waals surface area (Å²) in [6.45, 7) is 3.73. The number of hydrogen-bond acceptors (Lipinski definition) is 8. The summed E-state index contributed by atoms with van der Waals surface area (Å²) in [5.74, 6) is 0.195. The van der Waals surface area contributed by atoms with Crippen LogP contribution in [0, 0.1) is 6.92 Å². The molecule has 5 rings (SSSR count). The summed E-state index contributed by atoms with van der Waals surface area (Å²) >= 11 is 1.43. The number of fused-ring (bicyclic) bond motifs is 1. The van der Waals surface area contributed by atoms with E-state index >= 15 is 0 Å². The van der Waals surface area contributed by atoms with Crippen molar-refractivity contribution < 1.29 is 22.7 Å². The molecule has 3 N–H and O–H groups in total. The fraction of sp³-hybridized carbons (Fsp3) is 0.308. The summed E-state index contributed by atoms with van der Waals surface area (Å²) < 4.78 is 44.2. The molecule has 0 saturated carbocycles. The lowest BCUT2D eigenvalue weighted by atomic mass is 10.1. The highest BCUT2D eigenvalue weighted by molar-refractivity contribution is 7.15. The van der Waals surface area contributed by atoms with E-state index < -0.39 is 18.5 Å². The molecule has 4 aromatic rings. The van der Waals surface area contributed by atoms with Gasteiger partial charge in [0, 0.05) is 35.2 Å². The summed E-state index contributed by atoms with van der Waals surface area (Å²) in [5, 5.41) is 11.0. The Balaban J connectivity index is 1.42. The number of alkyl halides is 3. The first-order valence-electron chi connectivity index (χ1n) is 12.1. The van der Waals surface area contributed by atoms with Crippen molar-refractivity contribution >= 4 is 39.7 Å². The van der Waals surface area contributed by atoms with Gasteiger partial charge < -0.3 is 20.7 Å². The van der Waals surface area contributed by atoms with E-state index in [1.807, 2.05) is 6.92 Å². The van der Waals surface area contributed by atoms with Gasteiger partial charge in [-0.3, -0.25) is 4.79 Å². The second-order valence-corrected chi connectivity index (χ2v) is 10.1. The predicted octanol–water partition coefficient (Wildman–Crippen LogP) is 5.91. The largest absolute Gasteiger partial charge is 0.437 e. The molecule has 1 atom stereocenters. The fourth-order valence-electron chi connectivity index (χ4n) is 4.30. The molecule has 1 aliphatic heterocycles. The van der Waals surface area contributed by atoms with Gasteiger partial charge in [0.2, 0.25) is 17.7 Å². The molecule has 1 saturated heterocycles. The van der Waals surface area contributed by atoms with Crippen LogP contribution in [0.4, 0.5) is 24.8 Å². The summed E-state index contributed by atoms with van der Waals surface area (Å²) in [4.78, 5) is 26.2. The van der Waals surface area contributed by atoms with Crippen LogP contribution in [-0.2, 0) is 4.79 Å². The van der Waals surface area contributed by atoms with E-state index in [4.69, 9.17) is 9.72 Å². The average Bonchev–Trinajstić information content (AvgIpc) is 3.25. The Labute approximate surface area is 220 Å². The van der Waals surface area contributed by atoms with E-state index in [9.17, 15) is 18.0 Å². The Morgan fingerprint density at radius 3 is 2.74 bits per heavy atom. The zero-order valence-corrected chi connectivity index (χ0v) is 21.2. The van der Waals surface area contributed by atoms with Crippen LogP contribution in [0.25, 0.3) is 21.3 Å². The number of amides is 1. The summed E-state index contributed by atoms with van der Waals surface area (Å²) in [6.07, 6.45) is -2.34. The quantitative estimate of drug-likeness (QED) is 0.267. The van der Waals surface area contributed by atoms with E-state index in [1.165, 1.54) is 17.4 Å². The zero-order chi connectivity index (χ0) is 26.7. The van der Waals surface area contributed by atoms with Crippen LogP contribution in [0.1, 0.15) is 24.3 Å². The first-order chi connectivity index (χ1) is 18.2. The van der Waals surface area contributed by atoms with Crippen molar-refractivity contribution in [1.82, 2.24) is 20.3 Å². The van der Waals surface area contributed by atoms with Crippen LogP contribution in [0.2, 0.25) is 0 Å². The lowest BCUT2D eigenvalue weighted by Crippen LogP contribution is -2.38. The normalized spacial score (nSPS) is 15.8. The van der Waals surface area contributed by atoms with Crippen LogP contribution >= 0.6 is 11.3 Å². The number of thiazole rings is 1. The molecule has 8 nitrogen and oxygen atoms in total. The third-order valence-corrected chi connectivity index (χ3v) is 6.92. The van der Waals surface area contributed by atoms with Crippen molar-refractivity contribution in [2.75, 3.05) is 23.7 Å². The molecule has 38 heavy (non-hydrogen) atoms. The molecule has 3 heterocycles. The second kappa shape index (κ2) is 10.9. The Morgan fingerprint density at radius 1 is 1.16 bits per heavy atom. The number of nitrogens with one attached hydrogen (secondary N) is 3. The van der Waals surface area contributed by atoms with Crippen molar-refractivity contribution in [2.24, 2.45) is 0 Å². The van der Waals surface area contributed by atoms with Gasteiger partial charge in [-0.05, 0) is 44.5 Å². The molecule has 0 aliphatic carbocycles. The van der Waals surface area contributed by atoms with Gasteiger partial charge in [0.25, 0.3) is 0 Å². The summed E-state index contributed by atoms with van der Waals surface area (Å²) in [7, 11) is 0. The van der Waals surface area contributed by atoms with Gasteiger partial charge in [0.05, 0.1) is 10.7 Å². The van der Waals surface area contributed by atoms with Crippen LogP contribution < -0.4 is 20.7 Å². The predicted molar refractivity (Wildman–Crippen MR) is 141 cm³/mol. The SMILES string of the molecule is Cc1nc(Oc2ccc(NC(=O)CC(F)(F)F)c3ccccc23)c(-c2ccnc(NC3CCCNC3)n2)s1. The van der Waals surface area contributed by atoms with Crippen molar-refractivity contribution in [3.63, 3.8) is 0 Å². The number of aryl methyl sites for hydroxylation is 1. The molecular formula is C26H25F3N6O2S. The number of hydrogen-bond donors (Lipinski definition) is 3. The molecule has 1 aliphatic rings. The minimum Gasteiger partial charge on any atom is -0.437 e. The highest BCUT2D eigenvalue weighted by Gasteiger charge is 2.31. The molecule has 12 heteroatoms. The van der Waals surface area contributed by atoms with E-state index in [-0.39, 0.29) is 11.7 Å². The van der Waals surface area contributed by atoms with Gasteiger partial charge in [-0.2, -0.15) is 13.2 Å². The van der Waals surface area contributed by atoms with Gasteiger partial charge >= 0.3 is 6.18 Å². The minimum absolute atomic E-state index is 0.249. The molecule has 0 bridgehead atoms. The smallest absolute Gasteiger partial charge is 0.397 e. The van der Waals surface area contributed by atoms with Crippen molar-refractivity contribution in [3.05, 3.63) is 53.7 Å². The van der Waals surface area contributed by atoms with Crippen LogP contribution in [0.3, 0.4) is 0 Å². The number of rotatable bonds is 7. The number of piperidine rings is 1. The van der Waals surface area contributed by atoms with Gasteiger partial charge in [0.1, 0.15) is 17.0 Å². The second-order valence-electron chi connectivity index (χ2n) is 8.92. The maximum atomic E-state index is 12.6. The van der Waals surface area contributed by atoms with Gasteiger partial charge in [-0.15, -0.1) is 11.3 Å². The summed E-state index contributed by atoms with van der Waals surface area (Å²) in [6, 6.07) is 12.2. The van der Waals surface area contributed by atoms with E-state index in [0.717, 1.165) is 35.8 Å². The maximum absolute atomic E-state index is 12.6. The number of benzene rings is 2. The third-order valence-electron chi connectivity index (χ3n) is 5.95. The number of carbonyl (C=O) groups excluding carboxylic acids is 1. The Hall–Kier alpha value is -3.77. The first-order valence-corrected chi connectivity index (χ1v) is 12.9. The number of nitrogens with zero attached hydrogens (tertiary/aromatic N) is 3. The summed E-state index contributed by atoms with van der Waals surface area (Å²) in [5.41, 5.74) is 0.924. The molecule has 2 aromatic carbocycles. The Bertz CT molecular complexity index is 1450. The molecule has 198 valence electrons. The molecule has 0 radical (unpaired) electrons. The van der Waals surface area contributed by atoms with Crippen molar-refractivity contribution in [2.45, 2.75) is 38.4 Å². The monoisotopic (exact) mass is 542 g/mol. The highest BCUT2D eigenvalue weighted by atomic mass is 32.1. The average molecular weight is 543 g/mol. The Kier molecular flexibility index (Phi) is 7.43. The van der Waals surface area contributed by atoms with Crippen molar-refractivity contribution in [1.29, 1.82) is 0 Å². The molecule has 2 aromatic heterocycles. The number of ether oxygens (including phenoxy) is 1. The minimum atomic E-state index is -4.59. The van der Waals surface area contributed by atoms with E-state index in [2.05, 4.69) is 25.9 Å². The molecule has 0 spiro atoms. The van der Waals surface area contributed by atoms with Crippen molar-refractivity contribution in [3.8, 4) is 22.2 Å². The zero-order valence-electron chi connectivity index (χ0n) is 20.4. The maximum Gasteiger partial charge on any atom is 0.397 e. The van der Waals surface area contributed by atoms with E-state index in [0.29, 0.717) is 34.0 Å². The standard InChI is InChI=1S/C26H25F3N6O2S/c1-15-32-24(23(38-15)20-10-12-31-25(35-20)33-16-5-4-11-30-14-16)37-21-9-8-19(17-6-2-3-7-18(17)21)34-22(36)13-26(27,28)29/h2-3,6-10,12,16,30H,4-5,11,13-14H2,1H3,(H,34,36)(H,31,33,35). The number of anilines is 2. The molecule has 1 fully saturated rings. The molecule has 1 amide bonds. The Morgan fingerprint density at radius 2 is 1.97 bits per heavy atom.